The smallest absolute Gasteiger partial charge is 0.252 e. The van der Waals surface area contributed by atoms with E-state index in [1.807, 2.05) is 0 Å². The first kappa shape index (κ1) is 15.6. The van der Waals surface area contributed by atoms with Crippen LogP contribution in [0.2, 0.25) is 10.0 Å². The topological polar surface area (TPSA) is 41.6 Å². The van der Waals surface area contributed by atoms with Crippen molar-refractivity contribution in [1.82, 2.24) is 10.2 Å². The van der Waals surface area contributed by atoms with Gasteiger partial charge in [-0.25, -0.2) is 0 Å². The molecule has 1 amide bonds. The Labute approximate surface area is 129 Å². The van der Waals surface area contributed by atoms with Gasteiger partial charge in [0.2, 0.25) is 0 Å². The molecular formula is C14H18Cl2N2O2. The fourth-order valence-corrected chi connectivity index (χ4v) is 2.49. The van der Waals surface area contributed by atoms with Crippen molar-refractivity contribution in [3.8, 4) is 0 Å². The van der Waals surface area contributed by atoms with Crippen LogP contribution in [0.5, 0.6) is 0 Å². The molecular weight excluding hydrogens is 299 g/mol. The van der Waals surface area contributed by atoms with Crippen molar-refractivity contribution in [1.29, 1.82) is 0 Å². The molecule has 1 aliphatic rings. The maximum atomic E-state index is 12.0. The van der Waals surface area contributed by atoms with E-state index in [1.165, 1.54) is 0 Å². The highest BCUT2D eigenvalue weighted by molar-refractivity contribution is 6.43. The summed E-state index contributed by atoms with van der Waals surface area (Å²) in [6, 6.07) is 5.06. The molecule has 0 aliphatic carbocycles. The highest BCUT2D eigenvalue weighted by Crippen LogP contribution is 2.25. The summed E-state index contributed by atoms with van der Waals surface area (Å²) in [6.07, 6.45) is 0.907. The zero-order valence-electron chi connectivity index (χ0n) is 11.2. The number of ether oxygens (including phenoxy) is 1. The Bertz CT molecular complexity index is 462. The fourth-order valence-electron chi connectivity index (χ4n) is 2.10. The molecule has 0 unspecified atom stereocenters. The summed E-state index contributed by atoms with van der Waals surface area (Å²) in [5.41, 5.74) is 0.422. The molecule has 1 aromatic rings. The monoisotopic (exact) mass is 316 g/mol. The van der Waals surface area contributed by atoms with Gasteiger partial charge in [-0.1, -0.05) is 29.3 Å². The molecule has 0 bridgehead atoms. The zero-order chi connectivity index (χ0) is 14.4. The van der Waals surface area contributed by atoms with E-state index in [0.717, 1.165) is 39.3 Å². The molecule has 0 atom stereocenters. The molecule has 0 radical (unpaired) electrons. The predicted octanol–water partition coefficient (Wildman–Crippen LogP) is 2.45. The minimum Gasteiger partial charge on any atom is -0.379 e. The van der Waals surface area contributed by atoms with Gasteiger partial charge in [-0.15, -0.1) is 0 Å². The summed E-state index contributed by atoms with van der Waals surface area (Å²) < 4.78 is 5.29. The molecule has 1 heterocycles. The second-order valence-electron chi connectivity index (χ2n) is 4.66. The number of carbonyl (C=O) groups is 1. The Morgan fingerprint density at radius 2 is 2.05 bits per heavy atom. The van der Waals surface area contributed by atoms with Gasteiger partial charge >= 0.3 is 0 Å². The van der Waals surface area contributed by atoms with Crippen molar-refractivity contribution < 1.29 is 9.53 Å². The van der Waals surface area contributed by atoms with Gasteiger partial charge in [-0.05, 0) is 25.1 Å². The Morgan fingerprint density at radius 3 is 2.80 bits per heavy atom. The summed E-state index contributed by atoms with van der Waals surface area (Å²) in [7, 11) is 0. The van der Waals surface area contributed by atoms with Gasteiger partial charge in [0.1, 0.15) is 0 Å². The first-order valence-corrected chi connectivity index (χ1v) is 7.46. The lowest BCUT2D eigenvalue weighted by Gasteiger charge is -2.26. The SMILES string of the molecule is O=C(NCCCN1CCOCC1)c1cccc(Cl)c1Cl. The predicted molar refractivity (Wildman–Crippen MR) is 80.7 cm³/mol. The summed E-state index contributed by atoms with van der Waals surface area (Å²) in [5.74, 6) is -0.181. The highest BCUT2D eigenvalue weighted by atomic mass is 35.5. The Hall–Kier alpha value is -0.810. The first-order chi connectivity index (χ1) is 9.68. The number of halogens is 2. The average molecular weight is 317 g/mol. The number of nitrogens with one attached hydrogen (secondary N) is 1. The van der Waals surface area contributed by atoms with E-state index in [4.69, 9.17) is 27.9 Å². The second-order valence-corrected chi connectivity index (χ2v) is 5.45. The van der Waals surface area contributed by atoms with Gasteiger partial charge in [0.25, 0.3) is 5.91 Å². The van der Waals surface area contributed by atoms with Gasteiger partial charge in [0.05, 0.1) is 28.8 Å². The summed E-state index contributed by atoms with van der Waals surface area (Å²) in [5, 5.41) is 3.57. The lowest BCUT2D eigenvalue weighted by Crippen LogP contribution is -2.38. The summed E-state index contributed by atoms with van der Waals surface area (Å²) >= 11 is 11.9. The molecule has 1 N–H and O–H groups in total. The van der Waals surface area contributed by atoms with Gasteiger partial charge in [-0.2, -0.15) is 0 Å². The quantitative estimate of drug-likeness (QED) is 0.848. The minimum atomic E-state index is -0.181. The molecule has 1 aromatic carbocycles. The van der Waals surface area contributed by atoms with Crippen LogP contribution in [0.25, 0.3) is 0 Å². The van der Waals surface area contributed by atoms with Crippen LogP contribution in [0.3, 0.4) is 0 Å². The maximum Gasteiger partial charge on any atom is 0.252 e. The molecule has 2 rings (SSSR count). The van der Waals surface area contributed by atoms with E-state index in [0.29, 0.717) is 22.2 Å². The van der Waals surface area contributed by atoms with Crippen LogP contribution in [0.1, 0.15) is 16.8 Å². The van der Waals surface area contributed by atoms with Gasteiger partial charge in [0, 0.05) is 19.6 Å². The van der Waals surface area contributed by atoms with Crippen molar-refractivity contribution in [3.63, 3.8) is 0 Å². The van der Waals surface area contributed by atoms with Crippen molar-refractivity contribution in [2.45, 2.75) is 6.42 Å². The van der Waals surface area contributed by atoms with Crippen LogP contribution in [0.4, 0.5) is 0 Å². The minimum absolute atomic E-state index is 0.181. The number of rotatable bonds is 5. The van der Waals surface area contributed by atoms with Crippen molar-refractivity contribution in [2.24, 2.45) is 0 Å². The average Bonchev–Trinajstić information content (AvgIpc) is 2.47. The lowest BCUT2D eigenvalue weighted by atomic mass is 10.2. The molecule has 110 valence electrons. The number of hydrogen-bond acceptors (Lipinski definition) is 3. The van der Waals surface area contributed by atoms with Crippen LogP contribution < -0.4 is 5.32 Å². The van der Waals surface area contributed by atoms with Crippen molar-refractivity contribution >= 4 is 29.1 Å². The molecule has 1 fully saturated rings. The van der Waals surface area contributed by atoms with Crippen LogP contribution in [-0.4, -0.2) is 50.2 Å². The third-order valence-corrected chi connectivity index (χ3v) is 4.06. The normalized spacial score (nSPS) is 16.1. The van der Waals surface area contributed by atoms with E-state index in [2.05, 4.69) is 10.2 Å². The maximum absolute atomic E-state index is 12.0. The van der Waals surface area contributed by atoms with E-state index >= 15 is 0 Å². The molecule has 6 heteroatoms. The number of carbonyl (C=O) groups excluding carboxylic acids is 1. The number of amides is 1. The van der Waals surface area contributed by atoms with Crippen LogP contribution in [-0.2, 0) is 4.74 Å². The van der Waals surface area contributed by atoms with Crippen LogP contribution in [0.15, 0.2) is 18.2 Å². The van der Waals surface area contributed by atoms with Crippen molar-refractivity contribution in [2.75, 3.05) is 39.4 Å². The van der Waals surface area contributed by atoms with Crippen LogP contribution in [0, 0.1) is 0 Å². The van der Waals surface area contributed by atoms with Crippen molar-refractivity contribution in [3.05, 3.63) is 33.8 Å². The van der Waals surface area contributed by atoms with E-state index in [-0.39, 0.29) is 5.91 Å². The van der Waals surface area contributed by atoms with Crippen LogP contribution >= 0.6 is 23.2 Å². The summed E-state index contributed by atoms with van der Waals surface area (Å²) in [4.78, 5) is 14.3. The third-order valence-electron chi connectivity index (χ3n) is 3.24. The van der Waals surface area contributed by atoms with E-state index < -0.39 is 0 Å². The molecule has 0 aromatic heterocycles. The van der Waals surface area contributed by atoms with E-state index in [9.17, 15) is 4.79 Å². The number of morpholine rings is 1. The standard InChI is InChI=1S/C14H18Cl2N2O2/c15-12-4-1-3-11(13(12)16)14(19)17-5-2-6-18-7-9-20-10-8-18/h1,3-4H,2,5-10H2,(H,17,19). The number of hydrogen-bond donors (Lipinski definition) is 1. The van der Waals surface area contributed by atoms with Gasteiger partial charge < -0.3 is 10.1 Å². The second kappa shape index (κ2) is 7.84. The molecule has 1 saturated heterocycles. The largest absolute Gasteiger partial charge is 0.379 e. The van der Waals surface area contributed by atoms with E-state index in [1.54, 1.807) is 18.2 Å². The summed E-state index contributed by atoms with van der Waals surface area (Å²) in [6.45, 7) is 5.11. The molecule has 0 spiro atoms. The molecule has 0 saturated carbocycles. The van der Waals surface area contributed by atoms with Gasteiger partial charge in [0.15, 0.2) is 0 Å². The fraction of sp³-hybridized carbons (Fsp3) is 0.500. The van der Waals surface area contributed by atoms with Gasteiger partial charge in [-0.3, -0.25) is 9.69 Å². The molecule has 4 nitrogen and oxygen atoms in total. The molecule has 1 aliphatic heterocycles. The Balaban J connectivity index is 1.73. The number of nitrogens with zero attached hydrogens (tertiary/aromatic N) is 1. The Kier molecular flexibility index (Phi) is 6.10. The lowest BCUT2D eigenvalue weighted by molar-refractivity contribution is 0.0374. The Morgan fingerprint density at radius 1 is 1.30 bits per heavy atom. The zero-order valence-corrected chi connectivity index (χ0v) is 12.7. The highest BCUT2D eigenvalue weighted by Gasteiger charge is 2.13. The first-order valence-electron chi connectivity index (χ1n) is 6.71. The third kappa shape index (κ3) is 4.35. The number of benzene rings is 1. The molecule has 20 heavy (non-hydrogen) atoms.